The van der Waals surface area contributed by atoms with Gasteiger partial charge in [0.1, 0.15) is 6.04 Å². The molecule has 32 heavy (non-hydrogen) atoms. The van der Waals surface area contributed by atoms with Crippen LogP contribution in [0.25, 0.3) is 0 Å². The number of hydrogen-bond acceptors (Lipinski definition) is 2. The lowest BCUT2D eigenvalue weighted by molar-refractivity contribution is -0.140. The van der Waals surface area contributed by atoms with Crippen LogP contribution >= 0.6 is 11.6 Å². The zero-order chi connectivity index (χ0) is 22.9. The summed E-state index contributed by atoms with van der Waals surface area (Å²) in [5, 5.41) is 3.44. The van der Waals surface area contributed by atoms with Crippen molar-refractivity contribution in [2.75, 3.05) is 6.54 Å². The van der Waals surface area contributed by atoms with Gasteiger partial charge in [0.15, 0.2) is 0 Å². The predicted octanol–water partition coefficient (Wildman–Crippen LogP) is 5.42. The number of likely N-dealkylation sites (N-methyl/N-ethyl adjacent to an activating group) is 1. The molecule has 0 unspecified atom stereocenters. The largest absolute Gasteiger partial charge is 0.355 e. The lowest BCUT2D eigenvalue weighted by Gasteiger charge is -2.30. The van der Waals surface area contributed by atoms with Gasteiger partial charge >= 0.3 is 0 Å². The van der Waals surface area contributed by atoms with E-state index in [1.54, 1.807) is 17.9 Å². The van der Waals surface area contributed by atoms with Gasteiger partial charge in [0.2, 0.25) is 11.8 Å². The van der Waals surface area contributed by atoms with E-state index in [1.807, 2.05) is 85.8 Å². The lowest BCUT2D eigenvalue weighted by atomic mass is 9.88. The van der Waals surface area contributed by atoms with E-state index in [0.29, 0.717) is 18.1 Å². The number of benzene rings is 3. The van der Waals surface area contributed by atoms with Crippen molar-refractivity contribution in [3.63, 3.8) is 0 Å². The van der Waals surface area contributed by atoms with E-state index >= 15 is 0 Å². The van der Waals surface area contributed by atoms with Crippen LogP contribution in [-0.4, -0.2) is 29.3 Å². The molecule has 0 saturated heterocycles. The SMILES string of the molecule is CCNC(=O)[C@@H](C)N(Cc1cccc(Cl)c1)C(=O)CC(c1ccccc1)c1ccccc1. The molecule has 2 amide bonds. The van der Waals surface area contributed by atoms with Gasteiger partial charge < -0.3 is 10.2 Å². The van der Waals surface area contributed by atoms with Crippen LogP contribution in [0.4, 0.5) is 0 Å². The highest BCUT2D eigenvalue weighted by atomic mass is 35.5. The van der Waals surface area contributed by atoms with Crippen LogP contribution < -0.4 is 5.32 Å². The van der Waals surface area contributed by atoms with Gasteiger partial charge in [-0.1, -0.05) is 84.4 Å². The Kier molecular flexibility index (Phi) is 8.46. The van der Waals surface area contributed by atoms with E-state index in [1.165, 1.54) is 0 Å². The van der Waals surface area contributed by atoms with Crippen LogP contribution in [0.15, 0.2) is 84.9 Å². The molecule has 0 aromatic heterocycles. The minimum Gasteiger partial charge on any atom is -0.355 e. The molecule has 1 atom stereocenters. The molecule has 0 fully saturated rings. The third-order valence-corrected chi connectivity index (χ3v) is 5.78. The summed E-state index contributed by atoms with van der Waals surface area (Å²) < 4.78 is 0. The molecule has 166 valence electrons. The van der Waals surface area contributed by atoms with Crippen LogP contribution in [0, 0.1) is 0 Å². The van der Waals surface area contributed by atoms with E-state index in [-0.39, 0.29) is 24.2 Å². The molecule has 0 spiro atoms. The maximum atomic E-state index is 13.7. The Hall–Kier alpha value is -3.11. The van der Waals surface area contributed by atoms with Crippen molar-refractivity contribution in [3.8, 4) is 0 Å². The first-order valence-electron chi connectivity index (χ1n) is 10.9. The van der Waals surface area contributed by atoms with Crippen molar-refractivity contribution >= 4 is 23.4 Å². The first kappa shape index (κ1) is 23.6. The van der Waals surface area contributed by atoms with Crippen molar-refractivity contribution in [3.05, 3.63) is 107 Å². The van der Waals surface area contributed by atoms with Gasteiger partial charge in [0.05, 0.1) is 0 Å². The third kappa shape index (κ3) is 6.21. The van der Waals surface area contributed by atoms with Gasteiger partial charge in [0, 0.05) is 30.5 Å². The smallest absolute Gasteiger partial charge is 0.242 e. The standard InChI is InChI=1S/C27H29ClN2O2/c1-3-29-27(32)20(2)30(19-21-11-10-16-24(28)17-21)26(31)18-25(22-12-6-4-7-13-22)23-14-8-5-9-15-23/h4-17,20,25H,3,18-19H2,1-2H3,(H,29,32)/t20-/m1/s1. The average molecular weight is 449 g/mol. The minimum absolute atomic E-state index is 0.0820. The van der Waals surface area contributed by atoms with Gasteiger partial charge in [-0.15, -0.1) is 0 Å². The van der Waals surface area contributed by atoms with Gasteiger partial charge in [-0.3, -0.25) is 9.59 Å². The van der Waals surface area contributed by atoms with Gasteiger partial charge in [-0.05, 0) is 42.7 Å². The second-order valence-corrected chi connectivity index (χ2v) is 8.24. The molecule has 5 heteroatoms. The lowest BCUT2D eigenvalue weighted by Crippen LogP contribution is -2.47. The fourth-order valence-electron chi connectivity index (χ4n) is 3.83. The summed E-state index contributed by atoms with van der Waals surface area (Å²) in [4.78, 5) is 27.9. The Morgan fingerprint density at radius 1 is 0.906 bits per heavy atom. The molecule has 0 heterocycles. The zero-order valence-corrected chi connectivity index (χ0v) is 19.3. The molecule has 0 aliphatic carbocycles. The molecule has 4 nitrogen and oxygen atoms in total. The van der Waals surface area contributed by atoms with Crippen LogP contribution in [0.1, 0.15) is 42.9 Å². The summed E-state index contributed by atoms with van der Waals surface area (Å²) in [7, 11) is 0. The summed E-state index contributed by atoms with van der Waals surface area (Å²) in [6.07, 6.45) is 0.262. The Labute approximate surface area is 195 Å². The normalized spacial score (nSPS) is 11.8. The van der Waals surface area contributed by atoms with Crippen LogP contribution in [0.3, 0.4) is 0 Å². The number of nitrogens with one attached hydrogen (secondary N) is 1. The molecule has 0 aliphatic heterocycles. The minimum atomic E-state index is -0.603. The molecular weight excluding hydrogens is 420 g/mol. The van der Waals surface area contributed by atoms with Crippen molar-refractivity contribution in [2.45, 2.75) is 38.8 Å². The first-order chi connectivity index (χ1) is 15.5. The number of carbonyl (C=O) groups excluding carboxylic acids is 2. The molecule has 3 aromatic rings. The van der Waals surface area contributed by atoms with E-state index in [4.69, 9.17) is 11.6 Å². The average Bonchev–Trinajstić information content (AvgIpc) is 2.81. The van der Waals surface area contributed by atoms with Gasteiger partial charge in [-0.2, -0.15) is 0 Å². The summed E-state index contributed by atoms with van der Waals surface area (Å²) in [6, 6.07) is 26.8. The maximum Gasteiger partial charge on any atom is 0.242 e. The number of carbonyl (C=O) groups is 2. The van der Waals surface area contributed by atoms with E-state index < -0.39 is 6.04 Å². The van der Waals surface area contributed by atoms with E-state index in [0.717, 1.165) is 16.7 Å². The van der Waals surface area contributed by atoms with Gasteiger partial charge in [-0.25, -0.2) is 0 Å². The highest BCUT2D eigenvalue weighted by molar-refractivity contribution is 6.30. The summed E-state index contributed by atoms with van der Waals surface area (Å²) in [5.41, 5.74) is 3.03. The molecule has 0 saturated carbocycles. The fraction of sp³-hybridized carbons (Fsp3) is 0.259. The topological polar surface area (TPSA) is 49.4 Å². The molecule has 0 bridgehead atoms. The van der Waals surface area contributed by atoms with E-state index in [9.17, 15) is 9.59 Å². The van der Waals surface area contributed by atoms with Crippen LogP contribution in [0.2, 0.25) is 5.02 Å². The zero-order valence-electron chi connectivity index (χ0n) is 18.5. The molecule has 0 radical (unpaired) electrons. The van der Waals surface area contributed by atoms with Crippen LogP contribution in [-0.2, 0) is 16.1 Å². The Morgan fingerprint density at radius 3 is 2.03 bits per heavy atom. The summed E-state index contributed by atoms with van der Waals surface area (Å²) in [6.45, 7) is 4.47. The molecule has 0 aliphatic rings. The monoisotopic (exact) mass is 448 g/mol. The van der Waals surface area contributed by atoms with Crippen molar-refractivity contribution in [1.29, 1.82) is 0 Å². The molecular formula is C27H29ClN2O2. The number of rotatable bonds is 9. The highest BCUT2D eigenvalue weighted by Gasteiger charge is 2.28. The van der Waals surface area contributed by atoms with Crippen molar-refractivity contribution < 1.29 is 9.59 Å². The Bertz CT molecular complexity index is 985. The highest BCUT2D eigenvalue weighted by Crippen LogP contribution is 2.29. The van der Waals surface area contributed by atoms with E-state index in [2.05, 4.69) is 5.32 Å². The Morgan fingerprint density at radius 2 is 1.50 bits per heavy atom. The number of hydrogen-bond donors (Lipinski definition) is 1. The fourth-order valence-corrected chi connectivity index (χ4v) is 4.04. The first-order valence-corrected chi connectivity index (χ1v) is 11.3. The summed E-state index contributed by atoms with van der Waals surface area (Å²) >= 11 is 6.16. The van der Waals surface area contributed by atoms with Gasteiger partial charge in [0.25, 0.3) is 0 Å². The predicted molar refractivity (Wildman–Crippen MR) is 129 cm³/mol. The number of amides is 2. The maximum absolute atomic E-state index is 13.7. The molecule has 1 N–H and O–H groups in total. The second kappa shape index (κ2) is 11.5. The second-order valence-electron chi connectivity index (χ2n) is 7.80. The summed E-state index contributed by atoms with van der Waals surface area (Å²) in [5.74, 6) is -0.353. The quantitative estimate of drug-likeness (QED) is 0.475. The number of halogens is 1. The Balaban J connectivity index is 1.91. The van der Waals surface area contributed by atoms with Crippen molar-refractivity contribution in [2.24, 2.45) is 0 Å². The molecule has 3 aromatic carbocycles. The van der Waals surface area contributed by atoms with Crippen molar-refractivity contribution in [1.82, 2.24) is 10.2 Å². The van der Waals surface area contributed by atoms with Crippen LogP contribution in [0.5, 0.6) is 0 Å². The molecule has 3 rings (SSSR count). The number of nitrogens with zero attached hydrogens (tertiary/aromatic N) is 1. The third-order valence-electron chi connectivity index (χ3n) is 5.54.